The molecule has 2 aromatic carbocycles. The van der Waals surface area contributed by atoms with Gasteiger partial charge in [-0.15, -0.1) is 0 Å². The van der Waals surface area contributed by atoms with Gasteiger partial charge in [0, 0.05) is 27.2 Å². The number of aromatic nitrogens is 1. The zero-order chi connectivity index (χ0) is 21.0. The first-order chi connectivity index (χ1) is 12.9. The van der Waals surface area contributed by atoms with Gasteiger partial charge in [-0.2, -0.15) is 5.16 Å². The van der Waals surface area contributed by atoms with E-state index in [0.717, 1.165) is 4.47 Å². The maximum Gasteiger partial charge on any atom is 0.287 e. The number of aromatic hydroxyl groups is 1. The van der Waals surface area contributed by atoms with E-state index in [2.05, 4.69) is 37.0 Å². The van der Waals surface area contributed by atoms with E-state index < -0.39 is 5.91 Å². The average molecular weight is 542 g/mol. The molecule has 156 valence electrons. The fourth-order valence-electron chi connectivity index (χ4n) is 1.68. The van der Waals surface area contributed by atoms with Crippen LogP contribution in [0.25, 0.3) is 11.0 Å². The Labute approximate surface area is 169 Å². The molecule has 0 saturated carbocycles. The molecule has 0 saturated heterocycles. The van der Waals surface area contributed by atoms with Crippen molar-refractivity contribution in [2.45, 2.75) is 0 Å². The third-order valence-corrected chi connectivity index (χ3v) is 3.73. The number of rotatable bonds is 1. The van der Waals surface area contributed by atoms with Crippen LogP contribution in [0.4, 0.5) is 23.0 Å². The number of hydroxylamine groups is 1. The van der Waals surface area contributed by atoms with Crippen molar-refractivity contribution in [1.29, 1.82) is 0 Å². The van der Waals surface area contributed by atoms with Gasteiger partial charge in [-0.05, 0) is 36.4 Å². The summed E-state index contributed by atoms with van der Waals surface area (Å²) < 4.78 is 38.4. The van der Waals surface area contributed by atoms with E-state index in [1.165, 1.54) is 17.6 Å². The lowest BCUT2D eigenvalue weighted by molar-refractivity contribution is 0.0703. The number of hydrogen-bond donors (Lipinski definition) is 4. The minimum atomic E-state index is -0.742. The number of carbonyl (C=O) groups excluding carboxylic acids is 1. The lowest BCUT2D eigenvalue weighted by Gasteiger charge is -2.01. The minimum absolute atomic E-state index is 0. The Balaban J connectivity index is 0. The van der Waals surface area contributed by atoms with E-state index in [4.69, 9.17) is 33.1 Å². The predicted octanol–water partition coefficient (Wildman–Crippen LogP) is 4.99. The number of halogens is 7. The number of phenols is 1. The number of fused-ring (bicyclic) bond motifs is 1. The van der Waals surface area contributed by atoms with Crippen molar-refractivity contribution in [1.82, 2.24) is 10.6 Å². The third kappa shape index (κ3) is 8.06. The molecule has 3 rings (SSSR count). The van der Waals surface area contributed by atoms with E-state index in [1.54, 1.807) is 18.2 Å². The molecule has 0 aliphatic rings. The molecular formula is C14H11Br2F5N2O5. The van der Waals surface area contributed by atoms with Gasteiger partial charge in [0.15, 0.2) is 5.58 Å². The van der Waals surface area contributed by atoms with Crippen LogP contribution in [0.2, 0.25) is 0 Å². The normalized spacial score (nSPS) is 8.68. The highest BCUT2D eigenvalue weighted by Gasteiger charge is 2.09. The van der Waals surface area contributed by atoms with Gasteiger partial charge in [0.25, 0.3) is 11.5 Å². The molecule has 1 heterocycles. The first-order valence-electron chi connectivity index (χ1n) is 6.40. The van der Waals surface area contributed by atoms with E-state index >= 15 is 0 Å². The molecule has 7 nitrogen and oxygen atoms in total. The summed E-state index contributed by atoms with van der Waals surface area (Å²) in [5, 5.41) is 20.2. The second-order valence-corrected chi connectivity index (χ2v) is 6.11. The maximum absolute atomic E-state index is 11.0. The molecule has 0 aliphatic heterocycles. The number of hydrogen-bond acceptors (Lipinski definition) is 5. The Morgan fingerprint density at radius 2 is 1.57 bits per heavy atom. The van der Waals surface area contributed by atoms with E-state index in [1.807, 2.05) is 6.07 Å². The molecule has 0 atom stereocenters. The molecule has 0 aliphatic carbocycles. The third-order valence-electron chi connectivity index (χ3n) is 2.74. The highest BCUT2D eigenvalue weighted by atomic mass is 79.9. The Kier molecular flexibility index (Phi) is 14.5. The smallest absolute Gasteiger partial charge is 0.287 e. The lowest BCUT2D eigenvalue weighted by Crippen LogP contribution is -2.18. The SMILES string of the molecule is F.FF.FF.O=C(NO)c1cc(Br)ccc1O.O=c1[nH]oc2ccc(Br)cc12. The summed E-state index contributed by atoms with van der Waals surface area (Å²) in [6.45, 7) is 0. The summed E-state index contributed by atoms with van der Waals surface area (Å²) in [4.78, 5) is 21.8. The minimum Gasteiger partial charge on any atom is -0.507 e. The number of nitrogens with one attached hydrogen (secondary N) is 2. The van der Waals surface area contributed by atoms with Crippen molar-refractivity contribution in [2.24, 2.45) is 0 Å². The molecule has 0 radical (unpaired) electrons. The van der Waals surface area contributed by atoms with Crippen LogP contribution < -0.4 is 11.0 Å². The van der Waals surface area contributed by atoms with Crippen molar-refractivity contribution in [3.8, 4) is 5.75 Å². The zero-order valence-electron chi connectivity index (χ0n) is 13.3. The quantitative estimate of drug-likeness (QED) is 0.197. The Morgan fingerprint density at radius 1 is 1.04 bits per heavy atom. The number of amides is 1. The van der Waals surface area contributed by atoms with Crippen molar-refractivity contribution < 1.29 is 42.6 Å². The van der Waals surface area contributed by atoms with Gasteiger partial charge in [0.05, 0.1) is 10.9 Å². The highest BCUT2D eigenvalue weighted by molar-refractivity contribution is 9.10. The average Bonchev–Trinajstić information content (AvgIpc) is 3.07. The molecule has 0 spiro atoms. The van der Waals surface area contributed by atoms with Gasteiger partial charge in [0.1, 0.15) is 5.75 Å². The van der Waals surface area contributed by atoms with Gasteiger partial charge in [-0.3, -0.25) is 19.5 Å². The molecule has 0 fully saturated rings. The zero-order valence-corrected chi connectivity index (χ0v) is 16.4. The van der Waals surface area contributed by atoms with Gasteiger partial charge in [-0.25, -0.2) is 5.48 Å². The number of carbonyl (C=O) groups is 1. The first-order valence-corrected chi connectivity index (χ1v) is 7.99. The number of phenolic OH excluding ortho intramolecular Hbond substituents is 1. The van der Waals surface area contributed by atoms with Gasteiger partial charge in [0.2, 0.25) is 0 Å². The second kappa shape index (κ2) is 14.6. The van der Waals surface area contributed by atoms with Crippen LogP contribution in [0.15, 0.2) is 54.7 Å². The van der Waals surface area contributed by atoms with Crippen molar-refractivity contribution >= 4 is 48.7 Å². The van der Waals surface area contributed by atoms with Crippen molar-refractivity contribution in [3.05, 3.63) is 61.3 Å². The van der Waals surface area contributed by atoms with Crippen LogP contribution in [0, 0.1) is 0 Å². The molecule has 1 aromatic heterocycles. The van der Waals surface area contributed by atoms with Gasteiger partial charge < -0.3 is 9.63 Å². The molecule has 0 bridgehead atoms. The van der Waals surface area contributed by atoms with Gasteiger partial charge >= 0.3 is 0 Å². The van der Waals surface area contributed by atoms with Gasteiger partial charge in [-0.1, -0.05) is 31.9 Å². The van der Waals surface area contributed by atoms with Crippen LogP contribution in [-0.2, 0) is 0 Å². The summed E-state index contributed by atoms with van der Waals surface area (Å²) in [5.74, 6) is -0.918. The van der Waals surface area contributed by atoms with Crippen LogP contribution in [-0.4, -0.2) is 21.4 Å². The largest absolute Gasteiger partial charge is 0.507 e. The number of H-pyrrole nitrogens is 1. The fourth-order valence-corrected chi connectivity index (χ4v) is 2.40. The summed E-state index contributed by atoms with van der Waals surface area (Å²) in [5.41, 5.74) is 1.84. The summed E-state index contributed by atoms with van der Waals surface area (Å²) in [7, 11) is 0. The molecule has 3 aromatic rings. The lowest BCUT2D eigenvalue weighted by atomic mass is 10.2. The molecule has 14 heteroatoms. The van der Waals surface area contributed by atoms with E-state index in [0.29, 0.717) is 15.4 Å². The molecule has 28 heavy (non-hydrogen) atoms. The predicted molar refractivity (Wildman–Crippen MR) is 96.5 cm³/mol. The summed E-state index contributed by atoms with van der Waals surface area (Å²) >= 11 is 6.38. The van der Waals surface area contributed by atoms with Crippen LogP contribution in [0.5, 0.6) is 5.75 Å². The van der Waals surface area contributed by atoms with E-state index in [-0.39, 0.29) is 21.6 Å². The van der Waals surface area contributed by atoms with Crippen molar-refractivity contribution in [2.75, 3.05) is 0 Å². The molecular weight excluding hydrogens is 531 g/mol. The Hall–Kier alpha value is -2.45. The topological polar surface area (TPSA) is 116 Å². The van der Waals surface area contributed by atoms with E-state index in [9.17, 15) is 9.59 Å². The number of aromatic amines is 1. The van der Waals surface area contributed by atoms with Crippen LogP contribution in [0.3, 0.4) is 0 Å². The summed E-state index contributed by atoms with van der Waals surface area (Å²) in [6.07, 6.45) is 0. The highest BCUT2D eigenvalue weighted by Crippen LogP contribution is 2.21. The fraction of sp³-hybridized carbons (Fsp3) is 0. The molecule has 0 unspecified atom stereocenters. The molecule has 1 amide bonds. The van der Waals surface area contributed by atoms with Crippen LogP contribution in [0.1, 0.15) is 10.4 Å². The maximum atomic E-state index is 11.0. The second-order valence-electron chi connectivity index (χ2n) is 4.28. The Morgan fingerprint density at radius 3 is 2.14 bits per heavy atom. The Bertz CT molecular complexity index is 923. The monoisotopic (exact) mass is 540 g/mol. The summed E-state index contributed by atoms with van der Waals surface area (Å²) in [6, 6.07) is 9.62. The van der Waals surface area contributed by atoms with Crippen LogP contribution >= 0.6 is 31.9 Å². The van der Waals surface area contributed by atoms with Crippen molar-refractivity contribution in [3.63, 3.8) is 0 Å². The standard InChI is InChI=1S/C7H6BrNO3.C7H4BrNO2.2F2.FH/c8-4-1-2-6(10)5(3-4)7(11)9-12;8-4-1-2-6-5(3-4)7(10)9-11-6;2*1-2;/h1-3,10,12H,(H,9,11);1-3H,(H,9,10);;;1H. The first kappa shape index (κ1) is 27.8. The molecule has 4 N–H and O–H groups in total. The number of benzene rings is 2.